The van der Waals surface area contributed by atoms with Gasteiger partial charge in [-0.3, -0.25) is 14.7 Å². The fourth-order valence-electron chi connectivity index (χ4n) is 2.03. The molecule has 2 N–H and O–H groups in total. The van der Waals surface area contributed by atoms with Crippen LogP contribution in [0.15, 0.2) is 0 Å². The quantitative estimate of drug-likeness (QED) is 0.765. The molecule has 18 heavy (non-hydrogen) atoms. The summed E-state index contributed by atoms with van der Waals surface area (Å²) < 4.78 is 0. The molecule has 0 atom stereocenters. The van der Waals surface area contributed by atoms with Crippen molar-refractivity contribution < 1.29 is 9.59 Å². The summed E-state index contributed by atoms with van der Waals surface area (Å²) in [5.74, 6) is 0.609. The molecule has 1 aliphatic rings. The van der Waals surface area contributed by atoms with Crippen LogP contribution in [-0.2, 0) is 4.79 Å². The SMILES string of the molecule is CC(=O)N1CCC(NC(=O)c2n[nH]c(C)n2)CC1. The number of aryl methyl sites for hydroxylation is 1. The van der Waals surface area contributed by atoms with E-state index in [4.69, 9.17) is 0 Å². The number of amides is 2. The molecule has 2 amide bonds. The van der Waals surface area contributed by atoms with E-state index in [1.165, 1.54) is 0 Å². The van der Waals surface area contributed by atoms with Gasteiger partial charge in [-0.05, 0) is 19.8 Å². The Labute approximate surface area is 105 Å². The Morgan fingerprint density at radius 3 is 2.56 bits per heavy atom. The second-order valence-corrected chi connectivity index (χ2v) is 4.50. The van der Waals surface area contributed by atoms with Gasteiger partial charge in [-0.15, -0.1) is 5.10 Å². The van der Waals surface area contributed by atoms with Gasteiger partial charge in [0.25, 0.3) is 5.91 Å². The molecule has 0 bridgehead atoms. The minimum absolute atomic E-state index is 0.0874. The predicted molar refractivity (Wildman–Crippen MR) is 63.9 cm³/mol. The lowest BCUT2D eigenvalue weighted by Crippen LogP contribution is -2.46. The summed E-state index contributed by atoms with van der Waals surface area (Å²) in [6.07, 6.45) is 1.55. The van der Waals surface area contributed by atoms with Gasteiger partial charge in [0.15, 0.2) is 0 Å². The molecule has 0 saturated carbocycles. The third kappa shape index (κ3) is 2.85. The molecule has 0 aliphatic carbocycles. The molecule has 1 aromatic rings. The Bertz CT molecular complexity index is 448. The van der Waals surface area contributed by atoms with Gasteiger partial charge in [0.2, 0.25) is 11.7 Å². The number of piperidine rings is 1. The third-order valence-corrected chi connectivity index (χ3v) is 3.08. The maximum absolute atomic E-state index is 11.8. The summed E-state index contributed by atoms with van der Waals surface area (Å²) in [5.41, 5.74) is 0. The van der Waals surface area contributed by atoms with Crippen molar-refractivity contribution in [2.75, 3.05) is 13.1 Å². The summed E-state index contributed by atoms with van der Waals surface area (Å²) in [6, 6.07) is 0.0897. The molecule has 98 valence electrons. The average molecular weight is 251 g/mol. The number of nitrogens with one attached hydrogen (secondary N) is 2. The lowest BCUT2D eigenvalue weighted by atomic mass is 10.1. The second-order valence-electron chi connectivity index (χ2n) is 4.50. The summed E-state index contributed by atoms with van der Waals surface area (Å²) in [7, 11) is 0. The smallest absolute Gasteiger partial charge is 0.291 e. The number of rotatable bonds is 2. The number of nitrogens with zero attached hydrogens (tertiary/aromatic N) is 3. The third-order valence-electron chi connectivity index (χ3n) is 3.08. The van der Waals surface area contributed by atoms with Gasteiger partial charge in [-0.25, -0.2) is 4.98 Å². The first-order valence-corrected chi connectivity index (χ1v) is 6.01. The van der Waals surface area contributed by atoms with Crippen LogP contribution in [0.5, 0.6) is 0 Å². The molecule has 1 aromatic heterocycles. The largest absolute Gasteiger partial charge is 0.346 e. The number of carbonyl (C=O) groups excluding carboxylic acids is 2. The number of hydrogen-bond donors (Lipinski definition) is 2. The van der Waals surface area contributed by atoms with Gasteiger partial charge < -0.3 is 10.2 Å². The highest BCUT2D eigenvalue weighted by Crippen LogP contribution is 2.10. The molecule has 2 heterocycles. The standard InChI is InChI=1S/C11H17N5O2/c1-7-12-10(15-14-7)11(18)13-9-3-5-16(6-4-9)8(2)17/h9H,3-6H2,1-2H3,(H,13,18)(H,12,14,15). The van der Waals surface area contributed by atoms with Crippen molar-refractivity contribution in [2.24, 2.45) is 0 Å². The molecule has 1 aliphatic heterocycles. The van der Waals surface area contributed by atoms with Crippen molar-refractivity contribution in [3.05, 3.63) is 11.6 Å². The van der Waals surface area contributed by atoms with Crippen LogP contribution >= 0.6 is 0 Å². The van der Waals surface area contributed by atoms with Crippen molar-refractivity contribution in [3.63, 3.8) is 0 Å². The van der Waals surface area contributed by atoms with E-state index < -0.39 is 0 Å². The zero-order valence-corrected chi connectivity index (χ0v) is 10.6. The van der Waals surface area contributed by atoms with E-state index in [1.807, 2.05) is 0 Å². The van der Waals surface area contributed by atoms with Crippen LogP contribution in [0.3, 0.4) is 0 Å². The molecular formula is C11H17N5O2. The topological polar surface area (TPSA) is 91.0 Å². The Morgan fingerprint density at radius 1 is 1.39 bits per heavy atom. The molecule has 0 spiro atoms. The number of aromatic amines is 1. The second kappa shape index (κ2) is 5.16. The highest BCUT2D eigenvalue weighted by atomic mass is 16.2. The summed E-state index contributed by atoms with van der Waals surface area (Å²) in [5, 5.41) is 9.33. The van der Waals surface area contributed by atoms with Crippen molar-refractivity contribution >= 4 is 11.8 Å². The fraction of sp³-hybridized carbons (Fsp3) is 0.636. The maximum atomic E-state index is 11.8. The maximum Gasteiger partial charge on any atom is 0.291 e. The van der Waals surface area contributed by atoms with Crippen LogP contribution in [0.1, 0.15) is 36.2 Å². The first-order chi connectivity index (χ1) is 8.56. The molecule has 0 aromatic carbocycles. The van der Waals surface area contributed by atoms with Crippen LogP contribution in [0, 0.1) is 6.92 Å². The number of hydrogen-bond acceptors (Lipinski definition) is 4. The van der Waals surface area contributed by atoms with Gasteiger partial charge in [-0.1, -0.05) is 0 Å². The van der Waals surface area contributed by atoms with E-state index in [-0.39, 0.29) is 23.7 Å². The molecule has 1 saturated heterocycles. The molecule has 0 radical (unpaired) electrons. The molecule has 7 heteroatoms. The van der Waals surface area contributed by atoms with Gasteiger partial charge in [0.1, 0.15) is 5.82 Å². The summed E-state index contributed by atoms with van der Waals surface area (Å²) >= 11 is 0. The zero-order valence-electron chi connectivity index (χ0n) is 10.6. The molecule has 1 fully saturated rings. The van der Waals surface area contributed by atoms with E-state index in [2.05, 4.69) is 20.5 Å². The Balaban J connectivity index is 1.85. The van der Waals surface area contributed by atoms with Crippen LogP contribution in [0.2, 0.25) is 0 Å². The molecule has 7 nitrogen and oxygen atoms in total. The highest BCUT2D eigenvalue weighted by molar-refractivity contribution is 5.90. The first kappa shape index (κ1) is 12.5. The van der Waals surface area contributed by atoms with Crippen LogP contribution in [0.4, 0.5) is 0 Å². The van der Waals surface area contributed by atoms with E-state index in [0.29, 0.717) is 18.9 Å². The average Bonchev–Trinajstić information content (AvgIpc) is 2.76. The predicted octanol–water partition coefficient (Wildman–Crippen LogP) is -0.146. The van der Waals surface area contributed by atoms with Gasteiger partial charge in [0.05, 0.1) is 0 Å². The Morgan fingerprint density at radius 2 is 2.06 bits per heavy atom. The normalized spacial score (nSPS) is 16.7. The summed E-state index contributed by atoms with van der Waals surface area (Å²) in [4.78, 5) is 28.7. The minimum Gasteiger partial charge on any atom is -0.346 e. The van der Waals surface area contributed by atoms with E-state index in [1.54, 1.807) is 18.7 Å². The van der Waals surface area contributed by atoms with Gasteiger partial charge in [-0.2, -0.15) is 0 Å². The minimum atomic E-state index is -0.263. The Kier molecular flexibility index (Phi) is 3.59. The van der Waals surface area contributed by atoms with Crippen molar-refractivity contribution in [1.29, 1.82) is 0 Å². The van der Waals surface area contributed by atoms with Crippen molar-refractivity contribution in [3.8, 4) is 0 Å². The monoisotopic (exact) mass is 251 g/mol. The number of H-pyrrole nitrogens is 1. The van der Waals surface area contributed by atoms with E-state index in [9.17, 15) is 9.59 Å². The van der Waals surface area contributed by atoms with E-state index >= 15 is 0 Å². The summed E-state index contributed by atoms with van der Waals surface area (Å²) in [6.45, 7) is 4.69. The zero-order chi connectivity index (χ0) is 13.1. The van der Waals surface area contributed by atoms with Gasteiger partial charge >= 0.3 is 0 Å². The lowest BCUT2D eigenvalue weighted by molar-refractivity contribution is -0.129. The van der Waals surface area contributed by atoms with Gasteiger partial charge in [0, 0.05) is 26.1 Å². The number of carbonyl (C=O) groups is 2. The van der Waals surface area contributed by atoms with Crippen molar-refractivity contribution in [1.82, 2.24) is 25.4 Å². The fourth-order valence-corrected chi connectivity index (χ4v) is 2.03. The molecule has 0 unspecified atom stereocenters. The van der Waals surface area contributed by atoms with Crippen LogP contribution < -0.4 is 5.32 Å². The first-order valence-electron chi connectivity index (χ1n) is 6.01. The Hall–Kier alpha value is -1.92. The molecule has 2 rings (SSSR count). The van der Waals surface area contributed by atoms with Crippen LogP contribution in [0.25, 0.3) is 0 Å². The van der Waals surface area contributed by atoms with Crippen LogP contribution in [-0.4, -0.2) is 51.0 Å². The van der Waals surface area contributed by atoms with E-state index in [0.717, 1.165) is 12.8 Å². The van der Waals surface area contributed by atoms with Crippen molar-refractivity contribution in [2.45, 2.75) is 32.7 Å². The number of aromatic nitrogens is 3. The molecular weight excluding hydrogens is 234 g/mol. The number of likely N-dealkylation sites (tertiary alicyclic amines) is 1. The lowest BCUT2D eigenvalue weighted by Gasteiger charge is -2.31. The highest BCUT2D eigenvalue weighted by Gasteiger charge is 2.23.